The van der Waals surface area contributed by atoms with Gasteiger partial charge in [0, 0.05) is 5.56 Å². The SMILES string of the molecule is Cc1noc(C)c1C(C)NC(=O)C(C)(N)C(F)(F)F. The Morgan fingerprint density at radius 2 is 1.95 bits per heavy atom. The minimum absolute atomic E-state index is 0.441. The summed E-state index contributed by atoms with van der Waals surface area (Å²) in [5.74, 6) is -0.858. The number of hydrogen-bond donors (Lipinski definition) is 2. The van der Waals surface area contributed by atoms with Crippen molar-refractivity contribution < 1.29 is 22.5 Å². The van der Waals surface area contributed by atoms with Crippen molar-refractivity contribution in [1.29, 1.82) is 0 Å². The van der Waals surface area contributed by atoms with Crippen LogP contribution in [0.15, 0.2) is 4.52 Å². The highest BCUT2D eigenvalue weighted by Gasteiger charge is 2.54. The number of nitrogens with one attached hydrogen (secondary N) is 1. The van der Waals surface area contributed by atoms with Gasteiger partial charge in [0.15, 0.2) is 5.54 Å². The summed E-state index contributed by atoms with van der Waals surface area (Å²) in [5.41, 5.74) is 3.15. The second kappa shape index (κ2) is 4.84. The molecule has 0 aliphatic carbocycles. The highest BCUT2D eigenvalue weighted by molar-refractivity contribution is 5.87. The maximum atomic E-state index is 12.6. The molecule has 0 fully saturated rings. The van der Waals surface area contributed by atoms with Crippen molar-refractivity contribution in [2.45, 2.75) is 45.5 Å². The molecule has 1 rings (SSSR count). The van der Waals surface area contributed by atoms with Crippen LogP contribution in [0.2, 0.25) is 0 Å². The molecule has 19 heavy (non-hydrogen) atoms. The van der Waals surface area contributed by atoms with E-state index in [-0.39, 0.29) is 0 Å². The molecule has 2 atom stereocenters. The van der Waals surface area contributed by atoms with Gasteiger partial charge in [0.2, 0.25) is 5.91 Å². The van der Waals surface area contributed by atoms with Crippen LogP contribution in [-0.4, -0.2) is 22.8 Å². The second-order valence-corrected chi connectivity index (χ2v) is 4.63. The topological polar surface area (TPSA) is 81.2 Å². The molecule has 2 unspecified atom stereocenters. The molecule has 1 aromatic rings. The number of amides is 1. The fraction of sp³-hybridized carbons (Fsp3) is 0.636. The zero-order valence-electron chi connectivity index (χ0n) is 11.1. The Kier molecular flexibility index (Phi) is 3.94. The molecule has 0 spiro atoms. The number of halogens is 3. The van der Waals surface area contributed by atoms with E-state index < -0.39 is 23.7 Å². The first-order chi connectivity index (χ1) is 8.48. The van der Waals surface area contributed by atoms with Gasteiger partial charge in [-0.15, -0.1) is 0 Å². The predicted molar refractivity (Wildman–Crippen MR) is 61.2 cm³/mol. The van der Waals surface area contributed by atoms with Gasteiger partial charge in [0.1, 0.15) is 5.76 Å². The zero-order chi connectivity index (χ0) is 15.0. The molecule has 0 aromatic carbocycles. The normalized spacial score (nSPS) is 16.8. The predicted octanol–water partition coefficient (Wildman–Crippen LogP) is 1.75. The van der Waals surface area contributed by atoms with E-state index in [1.54, 1.807) is 13.8 Å². The lowest BCUT2D eigenvalue weighted by atomic mass is 10.00. The first kappa shape index (κ1) is 15.5. The first-order valence-corrected chi connectivity index (χ1v) is 5.57. The smallest absolute Gasteiger partial charge is 0.361 e. The number of aromatic nitrogens is 1. The Hall–Kier alpha value is -1.57. The molecule has 0 bridgehead atoms. The maximum absolute atomic E-state index is 12.6. The summed E-state index contributed by atoms with van der Waals surface area (Å²) < 4.78 is 42.8. The van der Waals surface area contributed by atoms with Crippen LogP contribution in [0.4, 0.5) is 13.2 Å². The van der Waals surface area contributed by atoms with Crippen LogP contribution in [0.1, 0.15) is 36.9 Å². The molecule has 8 heteroatoms. The summed E-state index contributed by atoms with van der Waals surface area (Å²) in [7, 11) is 0. The lowest BCUT2D eigenvalue weighted by molar-refractivity contribution is -0.187. The van der Waals surface area contributed by atoms with Crippen LogP contribution in [0.25, 0.3) is 0 Å². The largest absolute Gasteiger partial charge is 0.415 e. The number of alkyl halides is 3. The summed E-state index contributed by atoms with van der Waals surface area (Å²) in [6.07, 6.45) is -4.82. The standard InChI is InChI=1S/C11H16F3N3O2/c1-5(8-6(2)17-19-7(8)3)16-9(18)10(4,15)11(12,13)14/h5H,15H2,1-4H3,(H,16,18). The quantitative estimate of drug-likeness (QED) is 0.883. The van der Waals surface area contributed by atoms with E-state index in [0.29, 0.717) is 23.9 Å². The van der Waals surface area contributed by atoms with Gasteiger partial charge >= 0.3 is 6.18 Å². The summed E-state index contributed by atoms with van der Waals surface area (Å²) in [4.78, 5) is 11.6. The van der Waals surface area contributed by atoms with Gasteiger partial charge < -0.3 is 15.6 Å². The number of aryl methyl sites for hydroxylation is 2. The average molecular weight is 279 g/mol. The fourth-order valence-corrected chi connectivity index (χ4v) is 1.66. The number of nitrogens with zero attached hydrogens (tertiary/aromatic N) is 1. The third-order valence-corrected chi connectivity index (χ3v) is 2.93. The van der Waals surface area contributed by atoms with Crippen molar-refractivity contribution >= 4 is 5.91 Å². The van der Waals surface area contributed by atoms with Crippen LogP contribution in [-0.2, 0) is 4.79 Å². The molecule has 5 nitrogen and oxygen atoms in total. The highest BCUT2D eigenvalue weighted by atomic mass is 19.4. The molecule has 0 saturated carbocycles. The molecule has 1 heterocycles. The summed E-state index contributed by atoms with van der Waals surface area (Å²) >= 11 is 0. The van der Waals surface area contributed by atoms with Crippen LogP contribution >= 0.6 is 0 Å². The van der Waals surface area contributed by atoms with E-state index in [4.69, 9.17) is 10.3 Å². The molecular formula is C11H16F3N3O2. The van der Waals surface area contributed by atoms with Crippen molar-refractivity contribution in [2.24, 2.45) is 5.73 Å². The Labute approximate surface area is 108 Å². The number of rotatable bonds is 3. The number of nitrogens with two attached hydrogens (primary N) is 1. The summed E-state index contributed by atoms with van der Waals surface area (Å²) in [6.45, 7) is 5.42. The van der Waals surface area contributed by atoms with E-state index >= 15 is 0 Å². The third kappa shape index (κ3) is 2.89. The maximum Gasteiger partial charge on any atom is 0.415 e. The van der Waals surface area contributed by atoms with Crippen molar-refractivity contribution in [3.05, 3.63) is 17.0 Å². The Bertz CT molecular complexity index is 461. The Morgan fingerprint density at radius 1 is 1.42 bits per heavy atom. The third-order valence-electron chi connectivity index (χ3n) is 2.93. The average Bonchev–Trinajstić information content (AvgIpc) is 2.56. The van der Waals surface area contributed by atoms with Gasteiger partial charge in [-0.05, 0) is 27.7 Å². The van der Waals surface area contributed by atoms with E-state index in [1.165, 1.54) is 6.92 Å². The summed E-state index contributed by atoms with van der Waals surface area (Å²) in [5, 5.41) is 5.90. The van der Waals surface area contributed by atoms with Crippen LogP contribution < -0.4 is 11.1 Å². The van der Waals surface area contributed by atoms with E-state index in [9.17, 15) is 18.0 Å². The van der Waals surface area contributed by atoms with Crippen molar-refractivity contribution in [1.82, 2.24) is 10.5 Å². The molecule has 0 radical (unpaired) electrons. The van der Waals surface area contributed by atoms with Crippen LogP contribution in [0.5, 0.6) is 0 Å². The van der Waals surface area contributed by atoms with E-state index in [0.717, 1.165) is 0 Å². The molecule has 0 aliphatic heterocycles. The highest BCUT2D eigenvalue weighted by Crippen LogP contribution is 2.29. The minimum atomic E-state index is -4.82. The molecule has 3 N–H and O–H groups in total. The number of carbonyl (C=O) groups is 1. The van der Waals surface area contributed by atoms with Crippen molar-refractivity contribution in [3.63, 3.8) is 0 Å². The number of carbonyl (C=O) groups excluding carboxylic acids is 1. The molecule has 1 aromatic heterocycles. The van der Waals surface area contributed by atoms with Gasteiger partial charge in [0.05, 0.1) is 11.7 Å². The van der Waals surface area contributed by atoms with Crippen molar-refractivity contribution in [2.75, 3.05) is 0 Å². The van der Waals surface area contributed by atoms with Gasteiger partial charge in [-0.1, -0.05) is 5.16 Å². The fourth-order valence-electron chi connectivity index (χ4n) is 1.66. The van der Waals surface area contributed by atoms with E-state index in [1.807, 2.05) is 0 Å². The lowest BCUT2D eigenvalue weighted by Gasteiger charge is -2.27. The van der Waals surface area contributed by atoms with E-state index in [2.05, 4.69) is 10.5 Å². The van der Waals surface area contributed by atoms with Gasteiger partial charge in [-0.25, -0.2) is 0 Å². The summed E-state index contributed by atoms with van der Waals surface area (Å²) in [6, 6.07) is -0.677. The Balaban J connectivity index is 2.90. The molecule has 0 saturated heterocycles. The zero-order valence-corrected chi connectivity index (χ0v) is 11.1. The minimum Gasteiger partial charge on any atom is -0.361 e. The van der Waals surface area contributed by atoms with Crippen molar-refractivity contribution in [3.8, 4) is 0 Å². The van der Waals surface area contributed by atoms with Crippen LogP contribution in [0, 0.1) is 13.8 Å². The van der Waals surface area contributed by atoms with Gasteiger partial charge in [-0.3, -0.25) is 4.79 Å². The molecular weight excluding hydrogens is 263 g/mol. The van der Waals surface area contributed by atoms with Gasteiger partial charge in [-0.2, -0.15) is 13.2 Å². The second-order valence-electron chi connectivity index (χ2n) is 4.63. The molecule has 1 amide bonds. The van der Waals surface area contributed by atoms with Gasteiger partial charge in [0.25, 0.3) is 0 Å². The first-order valence-electron chi connectivity index (χ1n) is 5.57. The molecule has 0 aliphatic rings. The Morgan fingerprint density at radius 3 is 2.32 bits per heavy atom. The lowest BCUT2D eigenvalue weighted by Crippen LogP contribution is -2.61. The van der Waals surface area contributed by atoms with Crippen LogP contribution in [0.3, 0.4) is 0 Å². The number of hydrogen-bond acceptors (Lipinski definition) is 4. The molecule has 108 valence electrons. The monoisotopic (exact) mass is 279 g/mol.